The van der Waals surface area contributed by atoms with Gasteiger partial charge in [0.2, 0.25) is 0 Å². The maximum Gasteiger partial charge on any atom is 0.295 e. The van der Waals surface area contributed by atoms with E-state index in [0.29, 0.717) is 49.3 Å². The van der Waals surface area contributed by atoms with E-state index >= 15 is 0 Å². The minimum atomic E-state index is -0.711. The molecule has 0 bridgehead atoms. The summed E-state index contributed by atoms with van der Waals surface area (Å²) < 4.78 is 11.8. The SMILES string of the molecule is Cc1cc(/C(O)=C2\C(=O)C(=O)N(CCCN(C)C)C2c2cccc(OCC(C)C)c2)ccc1OCC(C)C. The van der Waals surface area contributed by atoms with Crippen LogP contribution in [0.15, 0.2) is 48.0 Å². The Balaban J connectivity index is 2.05. The van der Waals surface area contributed by atoms with Gasteiger partial charge >= 0.3 is 0 Å². The summed E-state index contributed by atoms with van der Waals surface area (Å²) in [4.78, 5) is 30.2. The normalized spacial score (nSPS) is 17.2. The summed E-state index contributed by atoms with van der Waals surface area (Å²) in [5.41, 5.74) is 2.14. The lowest BCUT2D eigenvalue weighted by atomic mass is 9.94. The Bertz CT molecular complexity index is 1170. The van der Waals surface area contributed by atoms with Crippen LogP contribution in [0, 0.1) is 18.8 Å². The second-order valence-electron chi connectivity index (χ2n) is 11.1. The minimum absolute atomic E-state index is 0.0936. The number of carbonyl (C=O) groups is 2. The lowest BCUT2D eigenvalue weighted by molar-refractivity contribution is -0.139. The quantitative estimate of drug-likeness (QED) is 0.227. The number of carbonyl (C=O) groups excluding carboxylic acids is 2. The van der Waals surface area contributed by atoms with Crippen LogP contribution in [0.5, 0.6) is 11.5 Å². The maximum absolute atomic E-state index is 13.4. The van der Waals surface area contributed by atoms with Gasteiger partial charge in [-0.15, -0.1) is 0 Å². The van der Waals surface area contributed by atoms with Crippen LogP contribution in [0.3, 0.4) is 0 Å². The molecule has 1 N–H and O–H groups in total. The Kier molecular flexibility index (Phi) is 9.97. The van der Waals surface area contributed by atoms with Gasteiger partial charge < -0.3 is 24.4 Å². The molecule has 1 fully saturated rings. The Morgan fingerprint density at radius 1 is 1.00 bits per heavy atom. The summed E-state index contributed by atoms with van der Waals surface area (Å²) in [6, 6.07) is 12.1. The standard InChI is InChI=1S/C31H42N2O5/c1-20(2)18-37-25-11-8-10-23(17-25)28-27(30(35)31(36)33(28)15-9-14-32(6)7)29(34)24-12-13-26(22(5)16-24)38-19-21(3)4/h8,10-13,16-17,20-21,28,34H,9,14-15,18-19H2,1-7H3/b29-27+. The third-order valence-corrected chi connectivity index (χ3v) is 6.32. The Morgan fingerprint density at radius 2 is 1.68 bits per heavy atom. The van der Waals surface area contributed by atoms with Gasteiger partial charge in [0, 0.05) is 12.1 Å². The molecule has 0 aliphatic carbocycles. The number of ether oxygens (including phenoxy) is 2. The molecule has 38 heavy (non-hydrogen) atoms. The molecule has 1 aliphatic rings. The molecule has 7 nitrogen and oxygen atoms in total. The number of aliphatic hydroxyl groups excluding tert-OH is 1. The first-order valence-electron chi connectivity index (χ1n) is 13.4. The fourth-order valence-electron chi connectivity index (χ4n) is 4.42. The van der Waals surface area contributed by atoms with Gasteiger partial charge in [0.25, 0.3) is 11.7 Å². The molecule has 1 amide bonds. The van der Waals surface area contributed by atoms with Crippen LogP contribution >= 0.6 is 0 Å². The third-order valence-electron chi connectivity index (χ3n) is 6.32. The average Bonchev–Trinajstić information content (AvgIpc) is 3.11. The minimum Gasteiger partial charge on any atom is -0.507 e. The van der Waals surface area contributed by atoms with Crippen molar-refractivity contribution in [2.24, 2.45) is 11.8 Å². The van der Waals surface area contributed by atoms with Crippen molar-refractivity contribution in [1.82, 2.24) is 9.80 Å². The van der Waals surface area contributed by atoms with Crippen LogP contribution in [-0.2, 0) is 9.59 Å². The molecule has 206 valence electrons. The smallest absolute Gasteiger partial charge is 0.295 e. The molecule has 1 unspecified atom stereocenters. The molecular formula is C31H42N2O5. The highest BCUT2D eigenvalue weighted by molar-refractivity contribution is 6.46. The number of hydrogen-bond donors (Lipinski definition) is 1. The van der Waals surface area contributed by atoms with Gasteiger partial charge in [-0.2, -0.15) is 0 Å². The van der Waals surface area contributed by atoms with Crippen molar-refractivity contribution in [2.45, 2.75) is 47.1 Å². The molecule has 0 spiro atoms. The van der Waals surface area contributed by atoms with Crippen LogP contribution in [0.1, 0.15) is 56.8 Å². The predicted molar refractivity (Wildman–Crippen MR) is 150 cm³/mol. The Hall–Kier alpha value is -3.32. The molecule has 1 atom stereocenters. The summed E-state index contributed by atoms with van der Waals surface area (Å²) in [6.07, 6.45) is 0.696. The van der Waals surface area contributed by atoms with Crippen LogP contribution in [0.2, 0.25) is 0 Å². The zero-order valence-electron chi connectivity index (χ0n) is 23.8. The van der Waals surface area contributed by atoms with Crippen LogP contribution in [0.25, 0.3) is 5.76 Å². The van der Waals surface area contributed by atoms with E-state index in [-0.39, 0.29) is 11.3 Å². The number of nitrogens with zero attached hydrogens (tertiary/aromatic N) is 2. The van der Waals surface area contributed by atoms with Crippen molar-refractivity contribution in [1.29, 1.82) is 0 Å². The molecule has 1 aliphatic heterocycles. The first-order chi connectivity index (χ1) is 18.0. The lowest BCUT2D eigenvalue weighted by Gasteiger charge is -2.26. The first kappa shape index (κ1) is 29.2. The molecule has 1 heterocycles. The summed E-state index contributed by atoms with van der Waals surface area (Å²) in [7, 11) is 3.94. The van der Waals surface area contributed by atoms with Gasteiger partial charge in [-0.25, -0.2) is 0 Å². The lowest BCUT2D eigenvalue weighted by Crippen LogP contribution is -2.32. The third kappa shape index (κ3) is 7.16. The number of likely N-dealkylation sites (tertiary alicyclic amines) is 1. The van der Waals surface area contributed by atoms with Crippen LogP contribution < -0.4 is 9.47 Å². The molecule has 7 heteroatoms. The van der Waals surface area contributed by atoms with Gasteiger partial charge in [0.1, 0.15) is 17.3 Å². The topological polar surface area (TPSA) is 79.3 Å². The van der Waals surface area contributed by atoms with E-state index in [9.17, 15) is 14.7 Å². The summed E-state index contributed by atoms with van der Waals surface area (Å²) in [5, 5.41) is 11.5. The van der Waals surface area contributed by atoms with E-state index in [0.717, 1.165) is 23.4 Å². The van der Waals surface area contributed by atoms with Gasteiger partial charge in [0.05, 0.1) is 24.8 Å². The monoisotopic (exact) mass is 522 g/mol. The number of amides is 1. The fraction of sp³-hybridized carbons (Fsp3) is 0.484. The van der Waals surface area contributed by atoms with Gasteiger partial charge in [-0.1, -0.05) is 39.8 Å². The number of rotatable bonds is 12. The molecule has 0 aromatic heterocycles. The van der Waals surface area contributed by atoms with Crippen LogP contribution in [0.4, 0.5) is 0 Å². The molecular weight excluding hydrogens is 480 g/mol. The molecule has 3 rings (SSSR count). The van der Waals surface area contributed by atoms with Crippen molar-refractivity contribution in [3.8, 4) is 11.5 Å². The number of hydrogen-bond acceptors (Lipinski definition) is 6. The second-order valence-corrected chi connectivity index (χ2v) is 11.1. The number of Topliss-reactive ketones (excluding diaryl/α,β-unsaturated/α-hetero) is 1. The zero-order valence-corrected chi connectivity index (χ0v) is 23.8. The zero-order chi connectivity index (χ0) is 28.0. The van der Waals surface area contributed by atoms with Gasteiger partial charge in [-0.3, -0.25) is 9.59 Å². The van der Waals surface area contributed by atoms with E-state index in [1.54, 1.807) is 23.1 Å². The summed E-state index contributed by atoms with van der Waals surface area (Å²) >= 11 is 0. The van der Waals surface area contributed by atoms with E-state index in [1.165, 1.54) is 0 Å². The molecule has 2 aromatic rings. The van der Waals surface area contributed by atoms with Crippen molar-refractivity contribution >= 4 is 17.4 Å². The average molecular weight is 523 g/mol. The summed E-state index contributed by atoms with van der Waals surface area (Å²) in [5.74, 6) is 0.664. The number of benzene rings is 2. The highest BCUT2D eigenvalue weighted by Gasteiger charge is 2.46. The van der Waals surface area contributed by atoms with E-state index in [4.69, 9.17) is 9.47 Å². The molecule has 2 aromatic carbocycles. The van der Waals surface area contributed by atoms with E-state index < -0.39 is 17.7 Å². The Morgan fingerprint density at radius 3 is 2.32 bits per heavy atom. The van der Waals surface area contributed by atoms with E-state index in [1.807, 2.05) is 50.2 Å². The number of ketones is 1. The van der Waals surface area contributed by atoms with Gasteiger partial charge in [-0.05, 0) is 87.3 Å². The second kappa shape index (κ2) is 13.0. The fourth-order valence-corrected chi connectivity index (χ4v) is 4.42. The molecule has 1 saturated heterocycles. The molecule has 0 saturated carbocycles. The van der Waals surface area contributed by atoms with Crippen molar-refractivity contribution in [3.63, 3.8) is 0 Å². The Labute approximate surface area is 227 Å². The summed E-state index contributed by atoms with van der Waals surface area (Å²) in [6.45, 7) is 12.5. The number of aryl methyl sites for hydroxylation is 1. The largest absolute Gasteiger partial charge is 0.507 e. The highest BCUT2D eigenvalue weighted by Crippen LogP contribution is 2.40. The van der Waals surface area contributed by atoms with Crippen molar-refractivity contribution in [2.75, 3.05) is 40.4 Å². The maximum atomic E-state index is 13.4. The first-order valence-corrected chi connectivity index (χ1v) is 13.4. The van der Waals surface area contributed by atoms with Crippen molar-refractivity contribution < 1.29 is 24.2 Å². The van der Waals surface area contributed by atoms with Crippen LogP contribution in [-0.4, -0.2) is 67.0 Å². The predicted octanol–water partition coefficient (Wildman–Crippen LogP) is 5.44. The van der Waals surface area contributed by atoms with E-state index in [2.05, 4.69) is 27.7 Å². The molecule has 0 radical (unpaired) electrons. The van der Waals surface area contributed by atoms with Crippen molar-refractivity contribution in [3.05, 3.63) is 64.7 Å². The van der Waals surface area contributed by atoms with Gasteiger partial charge in [0.15, 0.2) is 0 Å². The number of aliphatic hydroxyl groups is 1. The highest BCUT2D eigenvalue weighted by atomic mass is 16.5.